The summed E-state index contributed by atoms with van der Waals surface area (Å²) in [6.07, 6.45) is -1.77. The fourth-order valence-electron chi connectivity index (χ4n) is 2.79. The van der Waals surface area contributed by atoms with Gasteiger partial charge in [-0.15, -0.1) is 23.5 Å². The lowest BCUT2D eigenvalue weighted by molar-refractivity contribution is -0.145. The highest BCUT2D eigenvalue weighted by Gasteiger charge is 2.28. The minimum Gasteiger partial charge on any atom is -0.481 e. The second-order valence-electron chi connectivity index (χ2n) is 7.28. The van der Waals surface area contributed by atoms with Crippen LogP contribution in [0.3, 0.4) is 0 Å². The summed E-state index contributed by atoms with van der Waals surface area (Å²) >= 11 is 1.91. The molecule has 2 amide bonds. The predicted molar refractivity (Wildman–Crippen MR) is 131 cm³/mol. The maximum atomic E-state index is 13.0. The summed E-state index contributed by atoms with van der Waals surface area (Å²) in [5.74, 6) is -7.83. The molecule has 2 unspecified atom stereocenters. The summed E-state index contributed by atoms with van der Waals surface area (Å²) in [4.78, 5) is 71.0. The molecule has 202 valence electrons. The Morgan fingerprint density at radius 3 is 1.32 bits per heavy atom. The van der Waals surface area contributed by atoms with E-state index >= 15 is 0 Å². The first-order valence-corrected chi connectivity index (χ1v) is 12.6. The predicted octanol–water partition coefficient (Wildman–Crippen LogP) is 1.01. The fraction of sp³-hybridized carbons (Fsp3) is 0.364. The van der Waals surface area contributed by atoms with Crippen molar-refractivity contribution in [1.29, 1.82) is 10.5 Å². The average molecular weight is 567 g/mol. The third-order valence-electron chi connectivity index (χ3n) is 4.48. The highest BCUT2D eigenvalue weighted by molar-refractivity contribution is 7.99. The number of carbonyl (C=O) groups is 6. The number of rotatable bonds is 16. The monoisotopic (exact) mass is 566 g/mol. The van der Waals surface area contributed by atoms with Crippen molar-refractivity contribution in [3.8, 4) is 12.1 Å². The Labute approximate surface area is 224 Å². The summed E-state index contributed by atoms with van der Waals surface area (Å²) < 4.78 is 0. The molecule has 6 N–H and O–H groups in total. The van der Waals surface area contributed by atoms with Crippen molar-refractivity contribution in [2.45, 2.75) is 47.6 Å². The normalized spacial score (nSPS) is 11.7. The molecule has 38 heavy (non-hydrogen) atoms. The summed E-state index contributed by atoms with van der Waals surface area (Å²) in [5, 5.41) is 58.3. The Balaban J connectivity index is 3.58. The van der Waals surface area contributed by atoms with Gasteiger partial charge in [-0.2, -0.15) is 10.5 Å². The lowest BCUT2D eigenvalue weighted by atomic mass is 10.1. The van der Waals surface area contributed by atoms with Crippen molar-refractivity contribution < 1.29 is 49.2 Å². The number of benzene rings is 1. The van der Waals surface area contributed by atoms with E-state index in [0.29, 0.717) is 0 Å². The Morgan fingerprint density at radius 1 is 0.711 bits per heavy atom. The molecule has 14 nitrogen and oxygen atoms in total. The third kappa shape index (κ3) is 10.4. The van der Waals surface area contributed by atoms with Gasteiger partial charge >= 0.3 is 23.9 Å². The van der Waals surface area contributed by atoms with Crippen LogP contribution in [0.15, 0.2) is 21.9 Å². The number of hydrogen-bond donors (Lipinski definition) is 6. The van der Waals surface area contributed by atoms with Gasteiger partial charge in [0.2, 0.25) is 0 Å². The zero-order valence-corrected chi connectivity index (χ0v) is 21.1. The van der Waals surface area contributed by atoms with Crippen molar-refractivity contribution in [1.82, 2.24) is 10.6 Å². The number of nitrogens with zero attached hydrogens (tertiary/aromatic N) is 2. The van der Waals surface area contributed by atoms with Gasteiger partial charge in [-0.3, -0.25) is 19.2 Å². The van der Waals surface area contributed by atoms with Crippen LogP contribution in [0.4, 0.5) is 0 Å². The molecule has 2 atom stereocenters. The fourth-order valence-corrected chi connectivity index (χ4v) is 4.63. The minimum atomic E-state index is -1.78. The maximum absolute atomic E-state index is 13.0. The molecule has 16 heteroatoms. The molecular weight excluding hydrogens is 544 g/mol. The number of carboxylic acids is 4. The third-order valence-corrected chi connectivity index (χ3v) is 6.59. The minimum absolute atomic E-state index is 0.0302. The molecule has 0 radical (unpaired) electrons. The summed E-state index contributed by atoms with van der Waals surface area (Å²) in [6, 6.07) is 2.64. The second kappa shape index (κ2) is 15.7. The number of nitrogens with one attached hydrogen (secondary N) is 2. The average Bonchev–Trinajstić information content (AvgIpc) is 2.82. The molecule has 0 aliphatic heterocycles. The summed E-state index contributed by atoms with van der Waals surface area (Å²) in [6.45, 7) is 0. The molecule has 0 spiro atoms. The summed E-state index contributed by atoms with van der Waals surface area (Å²) in [5.41, 5.74) is -0.304. The van der Waals surface area contributed by atoms with Crippen LogP contribution in [-0.4, -0.2) is 79.7 Å². The van der Waals surface area contributed by atoms with E-state index in [0.717, 1.165) is 23.5 Å². The van der Waals surface area contributed by atoms with Gasteiger partial charge < -0.3 is 31.1 Å². The lowest BCUT2D eigenvalue weighted by Gasteiger charge is -2.19. The number of aliphatic carboxylic acids is 4. The van der Waals surface area contributed by atoms with Crippen molar-refractivity contribution >= 4 is 59.2 Å². The number of amides is 2. The highest BCUT2D eigenvalue weighted by atomic mass is 32.2. The Kier molecular flexibility index (Phi) is 13.2. The first-order chi connectivity index (χ1) is 17.9. The molecule has 0 fully saturated rings. The molecule has 0 aliphatic carbocycles. The molecule has 0 aromatic heterocycles. The Morgan fingerprint density at radius 2 is 1.05 bits per heavy atom. The molecule has 0 bridgehead atoms. The molecule has 1 aromatic carbocycles. The van der Waals surface area contributed by atoms with Crippen LogP contribution >= 0.6 is 23.5 Å². The zero-order chi connectivity index (χ0) is 28.8. The van der Waals surface area contributed by atoms with Gasteiger partial charge in [-0.1, -0.05) is 0 Å². The van der Waals surface area contributed by atoms with Gasteiger partial charge in [-0.05, 0) is 12.1 Å². The molecule has 0 saturated heterocycles. The lowest BCUT2D eigenvalue weighted by Crippen LogP contribution is -2.43. The largest absolute Gasteiger partial charge is 0.481 e. The number of carboxylic acid groups (broad SMARTS) is 4. The van der Waals surface area contributed by atoms with Crippen LogP contribution in [0.25, 0.3) is 0 Å². The molecule has 0 saturated carbocycles. The van der Waals surface area contributed by atoms with Gasteiger partial charge in [0.05, 0.1) is 36.1 Å². The second-order valence-corrected chi connectivity index (χ2v) is 9.56. The van der Waals surface area contributed by atoms with Gasteiger partial charge in [0.1, 0.15) is 12.1 Å². The van der Waals surface area contributed by atoms with Crippen molar-refractivity contribution in [2.24, 2.45) is 0 Å². The van der Waals surface area contributed by atoms with E-state index in [9.17, 15) is 39.0 Å². The Bertz CT molecular complexity index is 1100. The topological polar surface area (TPSA) is 255 Å². The number of nitriles is 2. The first kappa shape index (κ1) is 31.7. The van der Waals surface area contributed by atoms with Gasteiger partial charge in [0.25, 0.3) is 11.8 Å². The molecule has 0 aliphatic rings. The Hall–Kier alpha value is -4.28. The van der Waals surface area contributed by atoms with Gasteiger partial charge in [0, 0.05) is 34.1 Å². The van der Waals surface area contributed by atoms with E-state index in [-0.39, 0.29) is 45.3 Å². The van der Waals surface area contributed by atoms with Crippen LogP contribution in [0.5, 0.6) is 0 Å². The first-order valence-electron chi connectivity index (χ1n) is 10.6. The highest BCUT2D eigenvalue weighted by Crippen LogP contribution is 2.33. The van der Waals surface area contributed by atoms with Crippen LogP contribution in [0.2, 0.25) is 0 Å². The van der Waals surface area contributed by atoms with Crippen molar-refractivity contribution in [3.05, 3.63) is 23.3 Å². The van der Waals surface area contributed by atoms with Crippen molar-refractivity contribution in [2.75, 3.05) is 11.5 Å². The van der Waals surface area contributed by atoms with Crippen LogP contribution in [-0.2, 0) is 19.2 Å². The van der Waals surface area contributed by atoms with Crippen LogP contribution in [0.1, 0.15) is 46.4 Å². The smallest absolute Gasteiger partial charge is 0.326 e. The number of carbonyl (C=O) groups excluding carboxylic acids is 2. The van der Waals surface area contributed by atoms with E-state index in [1.54, 1.807) is 0 Å². The number of hydrogen-bond acceptors (Lipinski definition) is 10. The van der Waals surface area contributed by atoms with Crippen molar-refractivity contribution in [3.63, 3.8) is 0 Å². The van der Waals surface area contributed by atoms with E-state index in [1.807, 2.05) is 12.1 Å². The molecule has 1 rings (SSSR count). The van der Waals surface area contributed by atoms with Gasteiger partial charge in [0.15, 0.2) is 0 Å². The van der Waals surface area contributed by atoms with E-state index in [1.165, 1.54) is 12.1 Å². The SMILES string of the molecule is N#CCCSc1cc(C(=O)NC(CC(=O)O)C(=O)O)c(SCCC#N)cc1C(=O)NC(CC(=O)O)C(=O)O. The quantitative estimate of drug-likeness (QED) is 0.121. The number of thioether (sulfide) groups is 2. The van der Waals surface area contributed by atoms with Crippen LogP contribution in [0, 0.1) is 22.7 Å². The van der Waals surface area contributed by atoms with E-state index in [4.69, 9.17) is 20.7 Å². The zero-order valence-electron chi connectivity index (χ0n) is 19.5. The van der Waals surface area contributed by atoms with Crippen LogP contribution < -0.4 is 10.6 Å². The van der Waals surface area contributed by atoms with E-state index < -0.39 is 60.6 Å². The van der Waals surface area contributed by atoms with Gasteiger partial charge in [-0.25, -0.2) is 9.59 Å². The summed E-state index contributed by atoms with van der Waals surface area (Å²) in [7, 11) is 0. The molecule has 0 heterocycles. The molecule has 1 aromatic rings. The standard InChI is InChI=1S/C22H22N4O10S2/c23-3-1-5-37-15-7-12(20(32)26-14(22(35)36)10-18(29)30)16(38-6-2-4-24)8-11(15)19(31)25-13(21(33)34)9-17(27)28/h7-8,13-14H,1-2,5-6,9-10H2,(H,25,31)(H,26,32)(H,27,28)(H,29,30)(H,33,34)(H,35,36). The maximum Gasteiger partial charge on any atom is 0.326 e. The molecular formula is C22H22N4O10S2. The van der Waals surface area contributed by atoms with E-state index in [2.05, 4.69) is 10.6 Å².